The summed E-state index contributed by atoms with van der Waals surface area (Å²) in [5.74, 6) is 1.88. The fourth-order valence-corrected chi connectivity index (χ4v) is 2.48. The van der Waals surface area contributed by atoms with E-state index in [9.17, 15) is 4.79 Å². The Bertz CT molecular complexity index is 221. The summed E-state index contributed by atoms with van der Waals surface area (Å²) in [5, 5.41) is 0. The van der Waals surface area contributed by atoms with E-state index in [1.165, 1.54) is 31.3 Å². The monoisotopic (exact) mass is 208 g/mol. The Kier molecular flexibility index (Phi) is 5.07. The summed E-state index contributed by atoms with van der Waals surface area (Å²) in [5.41, 5.74) is 1.40. The molecule has 0 N–H and O–H groups in total. The molecule has 1 unspecified atom stereocenters. The molecular formula is C14H24O. The van der Waals surface area contributed by atoms with Crippen molar-refractivity contribution in [3.63, 3.8) is 0 Å². The second-order valence-electron chi connectivity index (χ2n) is 5.35. The Hall–Kier alpha value is -0.590. The van der Waals surface area contributed by atoms with Crippen LogP contribution in [0.3, 0.4) is 0 Å². The first kappa shape index (κ1) is 12.5. The summed E-state index contributed by atoms with van der Waals surface area (Å²) in [6.07, 6.45) is 9.83. The molecule has 1 nitrogen and oxygen atoms in total. The van der Waals surface area contributed by atoms with Crippen molar-refractivity contribution in [3.8, 4) is 0 Å². The molecule has 1 aliphatic carbocycles. The zero-order valence-corrected chi connectivity index (χ0v) is 10.3. The number of hydrogen-bond acceptors (Lipinski definition) is 1. The molecule has 0 aromatic carbocycles. The van der Waals surface area contributed by atoms with Gasteiger partial charge < -0.3 is 4.79 Å². The molecule has 0 saturated heterocycles. The van der Waals surface area contributed by atoms with Gasteiger partial charge in [0.25, 0.3) is 0 Å². The van der Waals surface area contributed by atoms with E-state index in [1.807, 2.05) is 6.92 Å². The molecule has 1 rings (SSSR count). The van der Waals surface area contributed by atoms with Crippen molar-refractivity contribution in [1.29, 1.82) is 0 Å². The molecule has 0 aromatic rings. The maximum absolute atomic E-state index is 10.5. The van der Waals surface area contributed by atoms with E-state index in [0.717, 1.165) is 24.5 Å². The highest BCUT2D eigenvalue weighted by atomic mass is 16.1. The zero-order chi connectivity index (χ0) is 11.3. The lowest BCUT2D eigenvalue weighted by Crippen LogP contribution is -2.11. The average Bonchev–Trinajstić information content (AvgIpc) is 2.21. The molecule has 1 aliphatic rings. The first-order valence-electron chi connectivity index (χ1n) is 6.24. The maximum Gasteiger partial charge on any atom is 0.123 e. The Balaban J connectivity index is 2.37. The molecule has 0 bridgehead atoms. The Morgan fingerprint density at radius 3 is 2.47 bits per heavy atom. The van der Waals surface area contributed by atoms with Gasteiger partial charge in [0.05, 0.1) is 0 Å². The van der Waals surface area contributed by atoms with Crippen LogP contribution in [0, 0.1) is 17.8 Å². The minimum absolute atomic E-state index is 0.184. The largest absolute Gasteiger partial charge is 0.303 e. The van der Waals surface area contributed by atoms with Crippen molar-refractivity contribution in [2.24, 2.45) is 17.8 Å². The molecule has 1 heteroatoms. The molecule has 86 valence electrons. The fraction of sp³-hybridized carbons (Fsp3) is 0.786. The lowest BCUT2D eigenvalue weighted by atomic mass is 9.82. The van der Waals surface area contributed by atoms with Crippen molar-refractivity contribution >= 4 is 6.29 Å². The molecule has 0 spiro atoms. The molecule has 0 radical (unpaired) electrons. The van der Waals surface area contributed by atoms with E-state index in [1.54, 1.807) is 0 Å². The minimum atomic E-state index is 0.184. The van der Waals surface area contributed by atoms with Gasteiger partial charge in [-0.25, -0.2) is 0 Å². The van der Waals surface area contributed by atoms with Crippen LogP contribution in [-0.4, -0.2) is 6.29 Å². The summed E-state index contributed by atoms with van der Waals surface area (Å²) in [7, 11) is 0. The highest BCUT2D eigenvalue weighted by Crippen LogP contribution is 2.30. The third-order valence-corrected chi connectivity index (χ3v) is 3.46. The van der Waals surface area contributed by atoms with Crippen molar-refractivity contribution in [2.75, 3.05) is 0 Å². The molecule has 15 heavy (non-hydrogen) atoms. The van der Waals surface area contributed by atoms with Crippen LogP contribution in [-0.2, 0) is 4.79 Å². The molecule has 1 saturated carbocycles. The van der Waals surface area contributed by atoms with E-state index in [0.29, 0.717) is 0 Å². The van der Waals surface area contributed by atoms with E-state index in [4.69, 9.17) is 0 Å². The van der Waals surface area contributed by atoms with Crippen LogP contribution < -0.4 is 0 Å². The van der Waals surface area contributed by atoms with Crippen LogP contribution in [0.15, 0.2) is 11.6 Å². The summed E-state index contributed by atoms with van der Waals surface area (Å²) in [6.45, 7) is 6.51. The normalized spacial score (nSPS) is 29.9. The standard InChI is InChI=1S/C14H24O/c1-11-4-6-14(7-5-11)9-12(2)8-13(3)10-15/h9-11,13-14H,4-8H2,1-3H3. The topological polar surface area (TPSA) is 17.1 Å². The van der Waals surface area contributed by atoms with Crippen LogP contribution in [0.5, 0.6) is 0 Å². The van der Waals surface area contributed by atoms with Gasteiger partial charge >= 0.3 is 0 Å². The van der Waals surface area contributed by atoms with Gasteiger partial charge in [0.15, 0.2) is 0 Å². The Labute approximate surface area is 93.9 Å². The number of rotatable bonds is 4. The van der Waals surface area contributed by atoms with Crippen molar-refractivity contribution in [3.05, 3.63) is 11.6 Å². The maximum atomic E-state index is 10.5. The van der Waals surface area contributed by atoms with Gasteiger partial charge in [0.1, 0.15) is 6.29 Å². The molecule has 0 aliphatic heterocycles. The van der Waals surface area contributed by atoms with Gasteiger partial charge in [-0.05, 0) is 38.0 Å². The SMILES string of the molecule is CC(=CC1CCC(C)CC1)CC(C)C=O. The summed E-state index contributed by atoms with van der Waals surface area (Å²) in [4.78, 5) is 10.5. The van der Waals surface area contributed by atoms with Gasteiger partial charge in [-0.1, -0.05) is 38.3 Å². The third-order valence-electron chi connectivity index (χ3n) is 3.46. The summed E-state index contributed by atoms with van der Waals surface area (Å²) < 4.78 is 0. The molecule has 1 atom stereocenters. The lowest BCUT2D eigenvalue weighted by molar-refractivity contribution is -0.110. The lowest BCUT2D eigenvalue weighted by Gasteiger charge is -2.24. The van der Waals surface area contributed by atoms with Gasteiger partial charge in [0.2, 0.25) is 0 Å². The van der Waals surface area contributed by atoms with E-state index in [-0.39, 0.29) is 5.92 Å². The van der Waals surface area contributed by atoms with E-state index < -0.39 is 0 Å². The quantitative estimate of drug-likeness (QED) is 0.504. The average molecular weight is 208 g/mol. The number of aldehydes is 1. The predicted octanol–water partition coefficient (Wildman–Crippen LogP) is 3.98. The summed E-state index contributed by atoms with van der Waals surface area (Å²) >= 11 is 0. The van der Waals surface area contributed by atoms with Crippen LogP contribution in [0.4, 0.5) is 0 Å². The van der Waals surface area contributed by atoms with Crippen LogP contribution in [0.1, 0.15) is 52.9 Å². The van der Waals surface area contributed by atoms with Crippen molar-refractivity contribution in [2.45, 2.75) is 52.9 Å². The zero-order valence-electron chi connectivity index (χ0n) is 10.3. The second-order valence-corrected chi connectivity index (χ2v) is 5.35. The number of carbonyl (C=O) groups excluding carboxylic acids is 1. The Morgan fingerprint density at radius 2 is 1.93 bits per heavy atom. The first-order valence-corrected chi connectivity index (χ1v) is 6.24. The molecule has 0 amide bonds. The van der Waals surface area contributed by atoms with Crippen LogP contribution in [0.25, 0.3) is 0 Å². The molecule has 1 fully saturated rings. The molecular weight excluding hydrogens is 184 g/mol. The predicted molar refractivity (Wildman–Crippen MR) is 64.7 cm³/mol. The Morgan fingerprint density at radius 1 is 1.33 bits per heavy atom. The van der Waals surface area contributed by atoms with Gasteiger partial charge in [0, 0.05) is 5.92 Å². The van der Waals surface area contributed by atoms with Crippen molar-refractivity contribution in [1.82, 2.24) is 0 Å². The highest BCUT2D eigenvalue weighted by Gasteiger charge is 2.16. The number of allylic oxidation sites excluding steroid dienone is 2. The second kappa shape index (κ2) is 6.09. The van der Waals surface area contributed by atoms with E-state index in [2.05, 4.69) is 19.9 Å². The smallest absolute Gasteiger partial charge is 0.123 e. The fourth-order valence-electron chi connectivity index (χ4n) is 2.48. The van der Waals surface area contributed by atoms with E-state index >= 15 is 0 Å². The van der Waals surface area contributed by atoms with Gasteiger partial charge in [-0.2, -0.15) is 0 Å². The summed E-state index contributed by atoms with van der Waals surface area (Å²) in [6, 6.07) is 0. The van der Waals surface area contributed by atoms with Gasteiger partial charge in [-0.15, -0.1) is 0 Å². The molecule has 0 heterocycles. The third kappa shape index (κ3) is 4.63. The van der Waals surface area contributed by atoms with Crippen LogP contribution in [0.2, 0.25) is 0 Å². The van der Waals surface area contributed by atoms with Crippen molar-refractivity contribution < 1.29 is 4.79 Å². The number of carbonyl (C=O) groups is 1. The number of hydrogen-bond donors (Lipinski definition) is 0. The van der Waals surface area contributed by atoms with Gasteiger partial charge in [-0.3, -0.25) is 0 Å². The molecule has 0 aromatic heterocycles. The van der Waals surface area contributed by atoms with Crippen LogP contribution >= 0.6 is 0 Å². The highest BCUT2D eigenvalue weighted by molar-refractivity contribution is 5.53. The first-order chi connectivity index (χ1) is 7.11. The minimum Gasteiger partial charge on any atom is -0.303 e.